The Morgan fingerprint density at radius 2 is 2.23 bits per heavy atom. The first-order valence-electron chi connectivity index (χ1n) is 4.20. The van der Waals surface area contributed by atoms with E-state index in [0.717, 1.165) is 17.5 Å². The zero-order valence-corrected chi connectivity index (χ0v) is 7.36. The largest absolute Gasteiger partial charge is 0.374 e. The van der Waals surface area contributed by atoms with Gasteiger partial charge in [0.15, 0.2) is 0 Å². The Balaban J connectivity index is 2.39. The third-order valence-electron chi connectivity index (χ3n) is 2.32. The highest BCUT2D eigenvalue weighted by atomic mass is 16.5. The molecule has 0 bridgehead atoms. The molecule has 1 aliphatic rings. The maximum absolute atomic E-state index is 10.7. The van der Waals surface area contributed by atoms with Crippen LogP contribution in [0.15, 0.2) is 24.3 Å². The van der Waals surface area contributed by atoms with Crippen LogP contribution in [0.25, 0.3) is 0 Å². The second kappa shape index (κ2) is 3.18. The van der Waals surface area contributed by atoms with Crippen molar-refractivity contribution in [2.45, 2.75) is 12.1 Å². The van der Waals surface area contributed by atoms with Gasteiger partial charge in [-0.2, -0.15) is 0 Å². The summed E-state index contributed by atoms with van der Waals surface area (Å²) in [4.78, 5) is 10.7. The maximum atomic E-state index is 10.7. The standard InChI is InChI=1S/C10H11NO2/c1-13-10-7-4-2-3-5-8(7)11-9(10)6-12/h2-6,9-11H,1H3. The van der Waals surface area contributed by atoms with Gasteiger partial charge >= 0.3 is 0 Å². The van der Waals surface area contributed by atoms with E-state index in [2.05, 4.69) is 5.32 Å². The normalized spacial score (nSPS) is 25.0. The molecular formula is C10H11NO2. The van der Waals surface area contributed by atoms with Crippen LogP contribution in [-0.4, -0.2) is 19.4 Å². The number of carbonyl (C=O) groups excluding carboxylic acids is 1. The number of benzene rings is 1. The molecule has 68 valence electrons. The van der Waals surface area contributed by atoms with E-state index >= 15 is 0 Å². The minimum atomic E-state index is -0.248. The number of nitrogens with one attached hydrogen (secondary N) is 1. The molecule has 1 aromatic rings. The van der Waals surface area contributed by atoms with Crippen LogP contribution in [0, 0.1) is 0 Å². The molecule has 1 heterocycles. The predicted molar refractivity (Wildman–Crippen MR) is 49.7 cm³/mol. The van der Waals surface area contributed by atoms with E-state index in [1.165, 1.54) is 0 Å². The fourth-order valence-corrected chi connectivity index (χ4v) is 1.70. The SMILES string of the molecule is COC1c2ccccc2NC1C=O. The van der Waals surface area contributed by atoms with Gasteiger partial charge in [0.2, 0.25) is 0 Å². The van der Waals surface area contributed by atoms with E-state index in [-0.39, 0.29) is 12.1 Å². The van der Waals surface area contributed by atoms with Crippen LogP contribution in [0.4, 0.5) is 5.69 Å². The molecule has 2 unspecified atom stereocenters. The number of hydrogen-bond acceptors (Lipinski definition) is 3. The van der Waals surface area contributed by atoms with E-state index in [1.54, 1.807) is 7.11 Å². The van der Waals surface area contributed by atoms with Crippen molar-refractivity contribution in [2.24, 2.45) is 0 Å². The molecule has 0 spiro atoms. The number of anilines is 1. The second-order valence-corrected chi connectivity index (χ2v) is 3.05. The minimum Gasteiger partial charge on any atom is -0.374 e. The minimum absolute atomic E-state index is 0.145. The summed E-state index contributed by atoms with van der Waals surface area (Å²) in [5.41, 5.74) is 2.05. The molecule has 0 fully saturated rings. The van der Waals surface area contributed by atoms with Gasteiger partial charge in [-0.15, -0.1) is 0 Å². The molecule has 3 nitrogen and oxygen atoms in total. The number of hydrogen-bond donors (Lipinski definition) is 1. The Morgan fingerprint density at radius 1 is 1.46 bits per heavy atom. The van der Waals surface area contributed by atoms with Crippen molar-refractivity contribution in [2.75, 3.05) is 12.4 Å². The molecule has 2 rings (SSSR count). The Bertz CT molecular complexity index is 324. The van der Waals surface area contributed by atoms with Gasteiger partial charge in [0.05, 0.1) is 0 Å². The molecule has 1 N–H and O–H groups in total. The molecule has 2 atom stereocenters. The molecule has 0 aromatic heterocycles. The molecular weight excluding hydrogens is 166 g/mol. The maximum Gasteiger partial charge on any atom is 0.145 e. The van der Waals surface area contributed by atoms with Crippen molar-refractivity contribution in [3.05, 3.63) is 29.8 Å². The number of aldehydes is 1. The lowest BCUT2D eigenvalue weighted by Crippen LogP contribution is -2.22. The number of fused-ring (bicyclic) bond motifs is 1. The number of para-hydroxylation sites is 1. The zero-order chi connectivity index (χ0) is 9.26. The Hall–Kier alpha value is -1.35. The number of ether oxygens (including phenoxy) is 1. The first-order valence-corrected chi connectivity index (χ1v) is 4.20. The van der Waals surface area contributed by atoms with Crippen LogP contribution in [0.2, 0.25) is 0 Å². The van der Waals surface area contributed by atoms with Crippen molar-refractivity contribution < 1.29 is 9.53 Å². The van der Waals surface area contributed by atoms with Gasteiger partial charge in [0.25, 0.3) is 0 Å². The third kappa shape index (κ3) is 1.21. The fourth-order valence-electron chi connectivity index (χ4n) is 1.70. The Labute approximate surface area is 76.7 Å². The summed E-state index contributed by atoms with van der Waals surface area (Å²) in [5.74, 6) is 0. The molecule has 0 saturated heterocycles. The van der Waals surface area contributed by atoms with Gasteiger partial charge < -0.3 is 14.8 Å². The number of methoxy groups -OCH3 is 1. The molecule has 1 aromatic carbocycles. The van der Waals surface area contributed by atoms with Crippen LogP contribution in [-0.2, 0) is 9.53 Å². The molecule has 3 heteroatoms. The summed E-state index contributed by atoms with van der Waals surface area (Å²) in [5, 5.41) is 3.09. The Morgan fingerprint density at radius 3 is 2.92 bits per heavy atom. The molecule has 0 radical (unpaired) electrons. The predicted octanol–water partition coefficient (Wildman–Crippen LogP) is 1.37. The van der Waals surface area contributed by atoms with Crippen molar-refractivity contribution in [1.29, 1.82) is 0 Å². The van der Waals surface area contributed by atoms with E-state index in [1.807, 2.05) is 24.3 Å². The van der Waals surface area contributed by atoms with Crippen molar-refractivity contribution >= 4 is 12.0 Å². The van der Waals surface area contributed by atoms with E-state index in [4.69, 9.17) is 4.74 Å². The van der Waals surface area contributed by atoms with Crippen LogP contribution >= 0.6 is 0 Å². The first-order chi connectivity index (χ1) is 6.36. The average Bonchev–Trinajstić information content (AvgIpc) is 2.55. The summed E-state index contributed by atoms with van der Waals surface area (Å²) >= 11 is 0. The van der Waals surface area contributed by atoms with Gasteiger partial charge in [-0.05, 0) is 6.07 Å². The monoisotopic (exact) mass is 177 g/mol. The summed E-state index contributed by atoms with van der Waals surface area (Å²) in [6.45, 7) is 0. The topological polar surface area (TPSA) is 38.3 Å². The lowest BCUT2D eigenvalue weighted by molar-refractivity contribution is -0.110. The lowest BCUT2D eigenvalue weighted by Gasteiger charge is -2.12. The molecule has 0 saturated carbocycles. The Kier molecular flexibility index (Phi) is 2.02. The van der Waals surface area contributed by atoms with Gasteiger partial charge in [-0.1, -0.05) is 18.2 Å². The molecule has 1 aliphatic heterocycles. The number of rotatable bonds is 2. The smallest absolute Gasteiger partial charge is 0.145 e. The van der Waals surface area contributed by atoms with Gasteiger partial charge in [0, 0.05) is 18.4 Å². The summed E-state index contributed by atoms with van der Waals surface area (Å²) < 4.78 is 5.25. The van der Waals surface area contributed by atoms with E-state index < -0.39 is 0 Å². The highest BCUT2D eigenvalue weighted by molar-refractivity contribution is 5.73. The molecule has 0 amide bonds. The second-order valence-electron chi connectivity index (χ2n) is 3.05. The highest BCUT2D eigenvalue weighted by Gasteiger charge is 2.31. The van der Waals surface area contributed by atoms with Gasteiger partial charge in [-0.3, -0.25) is 0 Å². The van der Waals surface area contributed by atoms with E-state index in [9.17, 15) is 4.79 Å². The fraction of sp³-hybridized carbons (Fsp3) is 0.300. The third-order valence-corrected chi connectivity index (χ3v) is 2.32. The van der Waals surface area contributed by atoms with Crippen LogP contribution in [0.5, 0.6) is 0 Å². The van der Waals surface area contributed by atoms with Crippen LogP contribution in [0.3, 0.4) is 0 Å². The summed E-state index contributed by atoms with van der Waals surface area (Å²) in [7, 11) is 1.62. The van der Waals surface area contributed by atoms with Gasteiger partial charge in [-0.25, -0.2) is 0 Å². The van der Waals surface area contributed by atoms with Crippen molar-refractivity contribution in [3.8, 4) is 0 Å². The number of carbonyl (C=O) groups is 1. The van der Waals surface area contributed by atoms with Crippen LogP contribution < -0.4 is 5.32 Å². The average molecular weight is 177 g/mol. The quantitative estimate of drug-likeness (QED) is 0.693. The summed E-state index contributed by atoms with van der Waals surface area (Å²) in [6.07, 6.45) is 0.738. The summed E-state index contributed by atoms with van der Waals surface area (Å²) in [6, 6.07) is 7.55. The van der Waals surface area contributed by atoms with Crippen molar-refractivity contribution in [1.82, 2.24) is 0 Å². The van der Waals surface area contributed by atoms with Crippen molar-refractivity contribution in [3.63, 3.8) is 0 Å². The van der Waals surface area contributed by atoms with Gasteiger partial charge in [0.1, 0.15) is 18.4 Å². The van der Waals surface area contributed by atoms with E-state index in [0.29, 0.717) is 0 Å². The molecule has 13 heavy (non-hydrogen) atoms. The highest BCUT2D eigenvalue weighted by Crippen LogP contribution is 2.34. The lowest BCUT2D eigenvalue weighted by atomic mass is 10.1. The molecule has 0 aliphatic carbocycles. The first kappa shape index (κ1) is 8.26. The van der Waals surface area contributed by atoms with Crippen LogP contribution in [0.1, 0.15) is 11.7 Å². The zero-order valence-electron chi connectivity index (χ0n) is 7.36.